The average molecular weight is 417 g/mol. The lowest BCUT2D eigenvalue weighted by molar-refractivity contribution is -0.137. The van der Waals surface area contributed by atoms with Crippen molar-refractivity contribution in [3.63, 3.8) is 0 Å². The summed E-state index contributed by atoms with van der Waals surface area (Å²) in [6.07, 6.45) is -3.42. The van der Waals surface area contributed by atoms with E-state index < -0.39 is 35.0 Å². The van der Waals surface area contributed by atoms with Crippen molar-refractivity contribution in [1.29, 1.82) is 5.26 Å². The number of nitrogens with zero attached hydrogens (tertiary/aromatic N) is 1. The number of hydrogen-bond donors (Lipinski definition) is 2. The van der Waals surface area contributed by atoms with Crippen LogP contribution in [-0.4, -0.2) is 10.2 Å². The summed E-state index contributed by atoms with van der Waals surface area (Å²) in [5.41, 5.74) is 0.383. The second kappa shape index (κ2) is 6.64. The number of phenols is 2. The maximum absolute atomic E-state index is 14.0. The van der Waals surface area contributed by atoms with Crippen molar-refractivity contribution in [1.82, 2.24) is 0 Å². The molecule has 2 N–H and O–H groups in total. The van der Waals surface area contributed by atoms with Gasteiger partial charge in [0.15, 0.2) is 11.6 Å². The Balaban J connectivity index is 2.02. The minimum Gasteiger partial charge on any atom is -0.508 e. The van der Waals surface area contributed by atoms with Crippen molar-refractivity contribution in [2.45, 2.75) is 12.1 Å². The van der Waals surface area contributed by atoms with Gasteiger partial charge in [-0.05, 0) is 63.5 Å². The van der Waals surface area contributed by atoms with Gasteiger partial charge in [-0.15, -0.1) is 0 Å². The zero-order chi connectivity index (χ0) is 20.9. The quantitative estimate of drug-likeness (QED) is 0.512. The molecule has 0 amide bonds. The molecule has 0 spiro atoms. The number of benzene rings is 2. The third-order valence-electron chi connectivity index (χ3n) is 4.83. The Labute approximate surface area is 166 Å². The molecule has 3 nitrogen and oxygen atoms in total. The molecule has 1 atom stereocenters. The normalized spacial score (nSPS) is 15.7. The molecule has 0 bridgehead atoms. The predicted octanol–water partition coefficient (Wildman–Crippen LogP) is 5.87. The number of rotatable bonds is 2. The van der Waals surface area contributed by atoms with Gasteiger partial charge >= 0.3 is 6.18 Å². The van der Waals surface area contributed by atoms with Crippen LogP contribution in [0.2, 0.25) is 0 Å². The van der Waals surface area contributed by atoms with E-state index in [9.17, 15) is 33.0 Å². The van der Waals surface area contributed by atoms with Gasteiger partial charge in [0.2, 0.25) is 0 Å². The third-order valence-corrected chi connectivity index (χ3v) is 5.59. The standard InChI is InChI=1S/C21H11F4NO2S/c22-18-3-10(1-2-19(18)28)13-6-14-15(4-12(27)5-17(14)21(23,24)25)20(13)16-9-29-8-11(16)7-26/h1-6,8-9,20,27-28H. The molecule has 1 unspecified atom stereocenters. The molecule has 2 aromatic carbocycles. The van der Waals surface area contributed by atoms with E-state index in [0.717, 1.165) is 12.1 Å². The van der Waals surface area contributed by atoms with Gasteiger partial charge < -0.3 is 10.2 Å². The van der Waals surface area contributed by atoms with Gasteiger partial charge in [-0.25, -0.2) is 4.39 Å². The maximum atomic E-state index is 14.0. The Morgan fingerprint density at radius 1 is 1.03 bits per heavy atom. The number of halogens is 4. The van der Waals surface area contributed by atoms with Crippen LogP contribution in [-0.2, 0) is 6.18 Å². The van der Waals surface area contributed by atoms with Crippen LogP contribution >= 0.6 is 11.3 Å². The van der Waals surface area contributed by atoms with Gasteiger partial charge in [0.25, 0.3) is 0 Å². The van der Waals surface area contributed by atoms with Crippen molar-refractivity contribution in [2.24, 2.45) is 0 Å². The summed E-state index contributed by atoms with van der Waals surface area (Å²) >= 11 is 1.22. The Kier molecular flexibility index (Phi) is 4.35. The van der Waals surface area contributed by atoms with Crippen LogP contribution < -0.4 is 0 Å². The molecule has 0 radical (unpaired) electrons. The van der Waals surface area contributed by atoms with E-state index >= 15 is 0 Å². The van der Waals surface area contributed by atoms with Gasteiger partial charge in [0.1, 0.15) is 11.8 Å². The van der Waals surface area contributed by atoms with Gasteiger partial charge in [-0.1, -0.05) is 6.07 Å². The lowest BCUT2D eigenvalue weighted by Crippen LogP contribution is -2.09. The van der Waals surface area contributed by atoms with E-state index in [1.165, 1.54) is 29.5 Å². The first kappa shape index (κ1) is 19.0. The predicted molar refractivity (Wildman–Crippen MR) is 99.9 cm³/mol. The summed E-state index contributed by atoms with van der Waals surface area (Å²) in [4.78, 5) is 0. The monoisotopic (exact) mass is 417 g/mol. The first-order valence-electron chi connectivity index (χ1n) is 8.31. The maximum Gasteiger partial charge on any atom is 0.417 e. The number of alkyl halides is 3. The van der Waals surface area contributed by atoms with E-state index in [2.05, 4.69) is 0 Å². The van der Waals surface area contributed by atoms with Crippen LogP contribution in [0.25, 0.3) is 11.6 Å². The molecule has 146 valence electrons. The lowest BCUT2D eigenvalue weighted by atomic mass is 9.84. The van der Waals surface area contributed by atoms with Crippen molar-refractivity contribution in [3.05, 3.63) is 80.3 Å². The highest BCUT2D eigenvalue weighted by molar-refractivity contribution is 7.08. The molecule has 3 aromatic rings. The van der Waals surface area contributed by atoms with Gasteiger partial charge in [0.05, 0.1) is 11.1 Å². The van der Waals surface area contributed by atoms with Crippen molar-refractivity contribution < 1.29 is 27.8 Å². The first-order chi connectivity index (χ1) is 13.7. The molecule has 29 heavy (non-hydrogen) atoms. The molecule has 4 rings (SSSR count). The SMILES string of the molecule is N#Cc1cscc1C1C(c2ccc(O)c(F)c2)=Cc2c1cc(O)cc2C(F)(F)F. The molecule has 0 aliphatic heterocycles. The summed E-state index contributed by atoms with van der Waals surface area (Å²) in [5.74, 6) is -2.85. The fourth-order valence-electron chi connectivity index (χ4n) is 3.59. The third kappa shape index (κ3) is 3.13. The van der Waals surface area contributed by atoms with E-state index in [4.69, 9.17) is 0 Å². The lowest BCUT2D eigenvalue weighted by Gasteiger charge is -2.19. The summed E-state index contributed by atoms with van der Waals surface area (Å²) < 4.78 is 54.8. The minimum atomic E-state index is -4.72. The van der Waals surface area contributed by atoms with Crippen molar-refractivity contribution >= 4 is 23.0 Å². The summed E-state index contributed by atoms with van der Waals surface area (Å²) in [6.45, 7) is 0. The van der Waals surface area contributed by atoms with Crippen LogP contribution in [0, 0.1) is 17.1 Å². The summed E-state index contributed by atoms with van der Waals surface area (Å²) in [5, 5.41) is 32.0. The molecule has 0 fully saturated rings. The number of allylic oxidation sites excluding steroid dienone is 1. The highest BCUT2D eigenvalue weighted by atomic mass is 32.1. The molecule has 0 saturated heterocycles. The number of thiophene rings is 1. The topological polar surface area (TPSA) is 64.2 Å². The van der Waals surface area contributed by atoms with Crippen LogP contribution in [0.1, 0.15) is 39.3 Å². The molecular formula is C21H11F4NO2S. The Hall–Kier alpha value is -3.31. The second-order valence-electron chi connectivity index (χ2n) is 6.55. The van der Waals surface area contributed by atoms with Gasteiger partial charge in [-0.2, -0.15) is 29.8 Å². The fraction of sp³-hybridized carbons (Fsp3) is 0.0952. The van der Waals surface area contributed by atoms with E-state index in [1.807, 2.05) is 6.07 Å². The Bertz CT molecular complexity index is 1200. The molecule has 1 aromatic heterocycles. The fourth-order valence-corrected chi connectivity index (χ4v) is 4.40. The molecular weight excluding hydrogens is 406 g/mol. The smallest absolute Gasteiger partial charge is 0.417 e. The average Bonchev–Trinajstić information content (AvgIpc) is 3.26. The van der Waals surface area contributed by atoms with E-state index in [-0.39, 0.29) is 22.3 Å². The zero-order valence-electron chi connectivity index (χ0n) is 14.5. The largest absolute Gasteiger partial charge is 0.508 e. The highest BCUT2D eigenvalue weighted by Crippen LogP contribution is 2.51. The van der Waals surface area contributed by atoms with Crippen LogP contribution in [0.15, 0.2) is 41.1 Å². The number of nitriles is 1. The number of fused-ring (bicyclic) bond motifs is 1. The van der Waals surface area contributed by atoms with Gasteiger partial charge in [-0.3, -0.25) is 0 Å². The molecule has 1 aliphatic carbocycles. The molecule has 8 heteroatoms. The number of aromatic hydroxyl groups is 2. The highest BCUT2D eigenvalue weighted by Gasteiger charge is 2.39. The molecule has 0 saturated carbocycles. The van der Waals surface area contributed by atoms with Crippen LogP contribution in [0.5, 0.6) is 11.5 Å². The van der Waals surface area contributed by atoms with E-state index in [0.29, 0.717) is 17.2 Å². The first-order valence-corrected chi connectivity index (χ1v) is 9.25. The Morgan fingerprint density at radius 3 is 2.45 bits per heavy atom. The second-order valence-corrected chi connectivity index (χ2v) is 7.29. The van der Waals surface area contributed by atoms with Crippen molar-refractivity contribution in [2.75, 3.05) is 0 Å². The summed E-state index contributed by atoms with van der Waals surface area (Å²) in [6, 6.07) is 7.44. The van der Waals surface area contributed by atoms with Crippen molar-refractivity contribution in [3.8, 4) is 17.6 Å². The zero-order valence-corrected chi connectivity index (χ0v) is 15.3. The number of phenolic OH excluding ortho intramolecular Hbond substituents is 2. The Morgan fingerprint density at radius 2 is 1.79 bits per heavy atom. The molecule has 1 heterocycles. The molecule has 1 aliphatic rings. The number of hydrogen-bond acceptors (Lipinski definition) is 4. The minimum absolute atomic E-state index is 0.140. The summed E-state index contributed by atoms with van der Waals surface area (Å²) in [7, 11) is 0. The van der Waals surface area contributed by atoms with Gasteiger partial charge in [0, 0.05) is 11.3 Å². The van der Waals surface area contributed by atoms with Crippen LogP contribution in [0.4, 0.5) is 17.6 Å². The van der Waals surface area contributed by atoms with Crippen LogP contribution in [0.3, 0.4) is 0 Å². The van der Waals surface area contributed by atoms with E-state index in [1.54, 1.807) is 10.8 Å².